The third-order valence-corrected chi connectivity index (χ3v) is 3.81. The molecule has 1 N–H and O–H groups in total. The van der Waals surface area contributed by atoms with E-state index < -0.39 is 12.6 Å². The Morgan fingerprint density at radius 1 is 0.926 bits per heavy atom. The molecule has 142 valence electrons. The highest BCUT2D eigenvalue weighted by Gasteiger charge is 2.15. The van der Waals surface area contributed by atoms with Gasteiger partial charge in [0.15, 0.2) is 6.61 Å². The second-order valence-electron chi connectivity index (χ2n) is 6.27. The fraction of sp³-hybridized carbons (Fsp3) is 0.250. The predicted octanol–water partition coefficient (Wildman–Crippen LogP) is 2.12. The van der Waals surface area contributed by atoms with Crippen molar-refractivity contribution in [2.45, 2.75) is 6.54 Å². The molecule has 0 radical (unpaired) electrons. The number of aliphatic carboxylic acids is 1. The van der Waals surface area contributed by atoms with Crippen molar-refractivity contribution in [2.75, 3.05) is 27.7 Å². The second-order valence-corrected chi connectivity index (χ2v) is 6.27. The van der Waals surface area contributed by atoms with Crippen molar-refractivity contribution in [3.05, 3.63) is 65.2 Å². The average molecular weight is 370 g/mol. The number of nitrogens with zero attached hydrogens (tertiary/aromatic N) is 2. The summed E-state index contributed by atoms with van der Waals surface area (Å²) in [5, 5.41) is 8.61. The van der Waals surface area contributed by atoms with Crippen LogP contribution in [0.25, 0.3) is 0 Å². The lowest BCUT2D eigenvalue weighted by molar-refractivity contribution is -0.139. The monoisotopic (exact) mass is 370 g/mol. The number of ether oxygens (including phenoxy) is 1. The highest BCUT2D eigenvalue weighted by atomic mass is 16.5. The molecule has 27 heavy (non-hydrogen) atoms. The Kier molecular flexibility index (Phi) is 6.54. The van der Waals surface area contributed by atoms with E-state index in [1.165, 1.54) is 4.90 Å². The maximum Gasteiger partial charge on any atom is 0.341 e. The van der Waals surface area contributed by atoms with Crippen LogP contribution in [-0.2, 0) is 11.3 Å². The normalized spacial score (nSPS) is 10.2. The Morgan fingerprint density at radius 2 is 1.52 bits per heavy atom. The van der Waals surface area contributed by atoms with Crippen LogP contribution in [0.1, 0.15) is 26.3 Å². The first kappa shape index (κ1) is 20.0. The fourth-order valence-corrected chi connectivity index (χ4v) is 2.45. The van der Waals surface area contributed by atoms with E-state index in [0.717, 1.165) is 5.56 Å². The molecule has 0 aliphatic heterocycles. The molecule has 2 amide bonds. The van der Waals surface area contributed by atoms with Crippen LogP contribution in [0, 0.1) is 0 Å². The van der Waals surface area contributed by atoms with Gasteiger partial charge in [0.2, 0.25) is 0 Å². The molecular formula is C20H22N2O5. The van der Waals surface area contributed by atoms with Crippen molar-refractivity contribution in [1.82, 2.24) is 9.80 Å². The molecule has 0 aromatic heterocycles. The van der Waals surface area contributed by atoms with E-state index in [1.807, 2.05) is 0 Å². The van der Waals surface area contributed by atoms with E-state index in [2.05, 4.69) is 0 Å². The predicted molar refractivity (Wildman–Crippen MR) is 99.8 cm³/mol. The summed E-state index contributed by atoms with van der Waals surface area (Å²) in [4.78, 5) is 38.2. The molecule has 0 fully saturated rings. The van der Waals surface area contributed by atoms with E-state index in [1.54, 1.807) is 74.6 Å². The van der Waals surface area contributed by atoms with Crippen molar-refractivity contribution in [3.63, 3.8) is 0 Å². The molecule has 0 aliphatic carbocycles. The number of hydrogen-bond donors (Lipinski definition) is 1. The summed E-state index contributed by atoms with van der Waals surface area (Å²) in [6, 6.07) is 13.5. The van der Waals surface area contributed by atoms with Gasteiger partial charge in [-0.1, -0.05) is 18.2 Å². The van der Waals surface area contributed by atoms with Crippen LogP contribution in [0.3, 0.4) is 0 Å². The van der Waals surface area contributed by atoms with Crippen molar-refractivity contribution >= 4 is 17.8 Å². The highest BCUT2D eigenvalue weighted by Crippen LogP contribution is 2.15. The molecule has 7 nitrogen and oxygen atoms in total. The molecule has 0 aliphatic rings. The van der Waals surface area contributed by atoms with Gasteiger partial charge < -0.3 is 19.6 Å². The van der Waals surface area contributed by atoms with Gasteiger partial charge in [0.25, 0.3) is 11.8 Å². The molecule has 0 atom stereocenters. The van der Waals surface area contributed by atoms with Crippen molar-refractivity contribution in [1.29, 1.82) is 0 Å². The summed E-state index contributed by atoms with van der Waals surface area (Å²) in [5.41, 5.74) is 1.76. The van der Waals surface area contributed by atoms with Gasteiger partial charge in [-0.2, -0.15) is 0 Å². The molecule has 2 aromatic carbocycles. The molecule has 0 spiro atoms. The van der Waals surface area contributed by atoms with Crippen LogP contribution >= 0.6 is 0 Å². The van der Waals surface area contributed by atoms with Crippen molar-refractivity contribution < 1.29 is 24.2 Å². The number of carboxylic acids is 1. The molecule has 7 heteroatoms. The first-order chi connectivity index (χ1) is 12.8. The molecule has 0 saturated heterocycles. The van der Waals surface area contributed by atoms with Crippen LogP contribution in [0.4, 0.5) is 0 Å². The second kappa shape index (κ2) is 8.84. The highest BCUT2D eigenvalue weighted by molar-refractivity contribution is 5.99. The topological polar surface area (TPSA) is 87.2 Å². The number of amides is 2. The number of hydrogen-bond acceptors (Lipinski definition) is 4. The number of carbonyl (C=O) groups excluding carboxylic acids is 2. The van der Waals surface area contributed by atoms with Crippen LogP contribution in [-0.4, -0.2) is 60.4 Å². The smallest absolute Gasteiger partial charge is 0.341 e. The molecule has 0 heterocycles. The van der Waals surface area contributed by atoms with E-state index in [-0.39, 0.29) is 11.8 Å². The SMILES string of the molecule is CN(C)C(=O)c1cccc(C(=O)N(C)Cc2ccc(OCC(=O)O)cc2)c1. The van der Waals surface area contributed by atoms with Crippen LogP contribution in [0.15, 0.2) is 48.5 Å². The standard InChI is InChI=1S/C20H22N2O5/c1-21(2)19(25)15-5-4-6-16(11-15)20(26)22(3)12-14-7-9-17(10-8-14)27-13-18(23)24/h4-11H,12-13H2,1-3H3,(H,23,24). The third kappa shape index (κ3) is 5.57. The molecular weight excluding hydrogens is 348 g/mol. The summed E-state index contributed by atoms with van der Waals surface area (Å²) in [5.74, 6) is -0.955. The third-order valence-electron chi connectivity index (χ3n) is 3.81. The number of rotatable bonds is 7. The lowest BCUT2D eigenvalue weighted by Gasteiger charge is -2.18. The van der Waals surface area contributed by atoms with Gasteiger partial charge in [0.1, 0.15) is 5.75 Å². The first-order valence-electron chi connectivity index (χ1n) is 8.28. The first-order valence-corrected chi connectivity index (χ1v) is 8.28. The molecule has 0 bridgehead atoms. The minimum Gasteiger partial charge on any atom is -0.482 e. The lowest BCUT2D eigenvalue weighted by atomic mass is 10.1. The Labute approximate surface area is 157 Å². The zero-order chi connectivity index (χ0) is 20.0. The summed E-state index contributed by atoms with van der Waals surface area (Å²) < 4.78 is 5.08. The van der Waals surface area contributed by atoms with Gasteiger partial charge in [-0.25, -0.2) is 4.79 Å². The summed E-state index contributed by atoms with van der Waals surface area (Å²) >= 11 is 0. The van der Waals surface area contributed by atoms with Crippen LogP contribution in [0.5, 0.6) is 5.75 Å². The largest absolute Gasteiger partial charge is 0.482 e. The lowest BCUT2D eigenvalue weighted by Crippen LogP contribution is -2.27. The molecule has 2 aromatic rings. The maximum absolute atomic E-state index is 12.6. The Hall–Kier alpha value is -3.35. The van der Waals surface area contributed by atoms with Gasteiger partial charge in [-0.05, 0) is 35.9 Å². The van der Waals surface area contributed by atoms with Crippen LogP contribution in [0.2, 0.25) is 0 Å². The van der Waals surface area contributed by atoms with E-state index in [9.17, 15) is 14.4 Å². The zero-order valence-electron chi connectivity index (χ0n) is 15.5. The Balaban J connectivity index is 2.04. The van der Waals surface area contributed by atoms with Crippen molar-refractivity contribution in [2.24, 2.45) is 0 Å². The number of carboxylic acid groups (broad SMARTS) is 1. The van der Waals surface area contributed by atoms with Gasteiger partial charge >= 0.3 is 5.97 Å². The number of benzene rings is 2. The van der Waals surface area contributed by atoms with Gasteiger partial charge in [-0.3, -0.25) is 9.59 Å². The minimum atomic E-state index is -1.04. The Morgan fingerprint density at radius 3 is 2.07 bits per heavy atom. The van der Waals surface area contributed by atoms with Crippen molar-refractivity contribution in [3.8, 4) is 5.75 Å². The summed E-state index contributed by atoms with van der Waals surface area (Å²) in [7, 11) is 5.00. The van der Waals surface area contributed by atoms with Gasteiger partial charge in [0, 0.05) is 38.8 Å². The molecule has 0 saturated carbocycles. The van der Waals surface area contributed by atoms with Gasteiger partial charge in [0.05, 0.1) is 0 Å². The summed E-state index contributed by atoms with van der Waals surface area (Å²) in [6.07, 6.45) is 0. The summed E-state index contributed by atoms with van der Waals surface area (Å²) in [6.45, 7) is -0.0381. The zero-order valence-corrected chi connectivity index (χ0v) is 15.5. The average Bonchev–Trinajstić information content (AvgIpc) is 2.66. The molecule has 2 rings (SSSR count). The fourth-order valence-electron chi connectivity index (χ4n) is 2.45. The number of carbonyl (C=O) groups is 3. The minimum absolute atomic E-state index is 0.163. The van der Waals surface area contributed by atoms with Gasteiger partial charge in [-0.15, -0.1) is 0 Å². The van der Waals surface area contributed by atoms with E-state index >= 15 is 0 Å². The molecule has 0 unspecified atom stereocenters. The quantitative estimate of drug-likeness (QED) is 0.807. The van der Waals surface area contributed by atoms with Crippen LogP contribution < -0.4 is 4.74 Å². The maximum atomic E-state index is 12.6. The van der Waals surface area contributed by atoms with E-state index in [4.69, 9.17) is 9.84 Å². The Bertz CT molecular complexity index is 831. The van der Waals surface area contributed by atoms with E-state index in [0.29, 0.717) is 23.4 Å².